The number of nitrogens with zero attached hydrogens (tertiary/aromatic N) is 2. The lowest BCUT2D eigenvalue weighted by Gasteiger charge is -2.35. The Hall–Kier alpha value is -2.97. The second kappa shape index (κ2) is 9.72. The summed E-state index contributed by atoms with van der Waals surface area (Å²) in [6.07, 6.45) is 1.64. The van der Waals surface area contributed by atoms with Gasteiger partial charge in [0.2, 0.25) is 11.8 Å². The van der Waals surface area contributed by atoms with Gasteiger partial charge in [0.25, 0.3) is 5.91 Å². The average molecular weight is 494 g/mol. The van der Waals surface area contributed by atoms with Gasteiger partial charge in [-0.15, -0.1) is 11.3 Å². The zero-order chi connectivity index (χ0) is 23.7. The highest BCUT2D eigenvalue weighted by molar-refractivity contribution is 7.10. The molecular weight excluding hydrogens is 466 g/mol. The van der Waals surface area contributed by atoms with E-state index >= 15 is 0 Å². The number of carbonyl (C=O) groups excluding carboxylic acids is 3. The second-order valence-corrected chi connectivity index (χ2v) is 10.7. The van der Waals surface area contributed by atoms with Crippen molar-refractivity contribution in [3.05, 3.63) is 74.6 Å². The monoisotopic (exact) mass is 493 g/mol. The highest BCUT2D eigenvalue weighted by atomic mass is 32.1. The average Bonchev–Trinajstić information content (AvgIpc) is 3.61. The highest BCUT2D eigenvalue weighted by Gasteiger charge is 2.47. The molecule has 2 aliphatic heterocycles. The summed E-state index contributed by atoms with van der Waals surface area (Å²) in [5.74, 6) is -0.453. The minimum atomic E-state index is -0.413. The Bertz CT molecular complexity index is 1150. The molecule has 34 heavy (non-hydrogen) atoms. The summed E-state index contributed by atoms with van der Waals surface area (Å²) in [5.41, 5.74) is 2.65. The van der Waals surface area contributed by atoms with Crippen LogP contribution in [0.2, 0.25) is 0 Å². The van der Waals surface area contributed by atoms with E-state index in [-0.39, 0.29) is 36.2 Å². The standard InChI is InChI=1S/C26H27N3O3S2/c1-17-4-6-20(7-5-17)29-23(30)15-21(24(29)22-3-2-13-34-22)26(32)28-11-8-19(9-12-28)27-25(31)18-10-14-33-16-18/h2-7,10,13-14,16,19,21,24H,8-9,11-12,15H2,1H3,(H,27,31). The minimum absolute atomic E-state index is 0.0153. The topological polar surface area (TPSA) is 69.7 Å². The largest absolute Gasteiger partial charge is 0.349 e. The van der Waals surface area contributed by atoms with E-state index in [9.17, 15) is 14.4 Å². The molecule has 8 heteroatoms. The van der Waals surface area contributed by atoms with Gasteiger partial charge in [0.05, 0.1) is 12.0 Å². The first-order valence-corrected chi connectivity index (χ1v) is 13.4. The molecular formula is C26H27N3O3S2. The van der Waals surface area contributed by atoms with Crippen molar-refractivity contribution in [3.8, 4) is 0 Å². The smallest absolute Gasteiger partial charge is 0.252 e. The molecule has 0 spiro atoms. The van der Waals surface area contributed by atoms with E-state index in [1.54, 1.807) is 11.3 Å². The van der Waals surface area contributed by atoms with Crippen molar-refractivity contribution in [1.82, 2.24) is 10.2 Å². The number of carbonyl (C=O) groups is 3. The van der Waals surface area contributed by atoms with Gasteiger partial charge in [-0.05, 0) is 54.8 Å². The molecule has 6 nitrogen and oxygen atoms in total. The minimum Gasteiger partial charge on any atom is -0.349 e. The third-order valence-electron chi connectivity index (χ3n) is 6.71. The number of hydrogen-bond acceptors (Lipinski definition) is 5. The van der Waals surface area contributed by atoms with Gasteiger partial charge in [-0.1, -0.05) is 23.8 Å². The number of benzene rings is 1. The first kappa shape index (κ1) is 22.8. The molecule has 0 saturated carbocycles. The molecule has 2 fully saturated rings. The van der Waals surface area contributed by atoms with E-state index in [1.165, 1.54) is 11.3 Å². The maximum absolute atomic E-state index is 13.7. The maximum atomic E-state index is 13.7. The first-order chi connectivity index (χ1) is 16.5. The van der Waals surface area contributed by atoms with Crippen LogP contribution in [0.5, 0.6) is 0 Å². The molecule has 1 aromatic carbocycles. The number of likely N-dealkylation sites (tertiary alicyclic amines) is 1. The van der Waals surface area contributed by atoms with Crippen molar-refractivity contribution in [3.63, 3.8) is 0 Å². The van der Waals surface area contributed by atoms with E-state index in [0.717, 1.165) is 16.1 Å². The summed E-state index contributed by atoms with van der Waals surface area (Å²) in [6.45, 7) is 3.19. The Kier molecular flexibility index (Phi) is 6.52. The van der Waals surface area contributed by atoms with Crippen molar-refractivity contribution in [2.45, 2.75) is 38.3 Å². The molecule has 2 aliphatic rings. The summed E-state index contributed by atoms with van der Waals surface area (Å²) in [5, 5.41) is 8.82. The number of thiophene rings is 2. The molecule has 2 atom stereocenters. The third kappa shape index (κ3) is 4.52. The SMILES string of the molecule is Cc1ccc(N2C(=O)CC(C(=O)N3CCC(NC(=O)c4ccsc4)CC3)C2c2cccs2)cc1. The van der Waals surface area contributed by atoms with E-state index in [2.05, 4.69) is 5.32 Å². The lowest BCUT2D eigenvalue weighted by atomic mass is 9.95. The number of hydrogen-bond donors (Lipinski definition) is 1. The number of piperidine rings is 1. The molecule has 3 aromatic rings. The molecule has 1 N–H and O–H groups in total. The summed E-state index contributed by atoms with van der Waals surface area (Å²) in [7, 11) is 0. The van der Waals surface area contributed by atoms with Gasteiger partial charge in [0, 0.05) is 47.1 Å². The fourth-order valence-corrected chi connectivity index (χ4v) is 6.41. The van der Waals surface area contributed by atoms with E-state index < -0.39 is 5.92 Å². The third-order valence-corrected chi connectivity index (χ3v) is 8.34. The number of amides is 3. The van der Waals surface area contributed by atoms with Crippen molar-refractivity contribution in [2.24, 2.45) is 5.92 Å². The van der Waals surface area contributed by atoms with Crippen LogP contribution in [-0.4, -0.2) is 41.8 Å². The molecule has 176 valence electrons. The van der Waals surface area contributed by atoms with Crippen LogP contribution < -0.4 is 10.2 Å². The van der Waals surface area contributed by atoms with Crippen LogP contribution in [0.4, 0.5) is 5.69 Å². The van der Waals surface area contributed by atoms with Gasteiger partial charge in [0.1, 0.15) is 0 Å². The molecule has 2 unspecified atom stereocenters. The quantitative estimate of drug-likeness (QED) is 0.563. The van der Waals surface area contributed by atoms with Crippen LogP contribution >= 0.6 is 22.7 Å². The number of aryl methyl sites for hydroxylation is 1. The number of anilines is 1. The zero-order valence-corrected chi connectivity index (χ0v) is 20.6. The van der Waals surface area contributed by atoms with Crippen LogP contribution in [0.25, 0.3) is 0 Å². The van der Waals surface area contributed by atoms with Crippen LogP contribution in [0.3, 0.4) is 0 Å². The lowest BCUT2D eigenvalue weighted by Crippen LogP contribution is -2.48. The normalized spacial score (nSPS) is 21.1. The fourth-order valence-electron chi connectivity index (χ4n) is 4.89. The fraction of sp³-hybridized carbons (Fsp3) is 0.346. The summed E-state index contributed by atoms with van der Waals surface area (Å²) in [4.78, 5) is 43.9. The van der Waals surface area contributed by atoms with Crippen LogP contribution in [0.1, 0.15) is 46.1 Å². The van der Waals surface area contributed by atoms with Crippen molar-refractivity contribution < 1.29 is 14.4 Å². The van der Waals surface area contributed by atoms with Crippen molar-refractivity contribution in [2.75, 3.05) is 18.0 Å². The molecule has 2 saturated heterocycles. The Morgan fingerprint density at radius 3 is 2.44 bits per heavy atom. The molecule has 5 rings (SSSR count). The van der Waals surface area contributed by atoms with Crippen molar-refractivity contribution >= 4 is 46.1 Å². The second-order valence-electron chi connectivity index (χ2n) is 8.96. The van der Waals surface area contributed by atoms with Crippen LogP contribution in [0.15, 0.2) is 58.6 Å². The zero-order valence-electron chi connectivity index (χ0n) is 19.0. The molecule has 0 aliphatic carbocycles. The Morgan fingerprint density at radius 2 is 1.79 bits per heavy atom. The number of nitrogens with one attached hydrogen (secondary N) is 1. The van der Waals surface area contributed by atoms with Gasteiger partial charge >= 0.3 is 0 Å². The Labute approximate surface area is 207 Å². The summed E-state index contributed by atoms with van der Waals surface area (Å²) in [6, 6.07) is 13.5. The van der Waals surface area contributed by atoms with E-state index in [4.69, 9.17) is 0 Å². The molecule has 0 radical (unpaired) electrons. The summed E-state index contributed by atoms with van der Waals surface area (Å²) < 4.78 is 0. The predicted octanol–water partition coefficient (Wildman–Crippen LogP) is 4.63. The van der Waals surface area contributed by atoms with Gasteiger partial charge in [-0.25, -0.2) is 0 Å². The predicted molar refractivity (Wildman–Crippen MR) is 135 cm³/mol. The molecule has 0 bridgehead atoms. The first-order valence-electron chi connectivity index (χ1n) is 11.6. The van der Waals surface area contributed by atoms with Gasteiger partial charge in [0.15, 0.2) is 0 Å². The Balaban J connectivity index is 1.29. The maximum Gasteiger partial charge on any atom is 0.252 e. The van der Waals surface area contributed by atoms with Gasteiger partial charge < -0.3 is 15.1 Å². The number of rotatable bonds is 5. The van der Waals surface area contributed by atoms with E-state index in [0.29, 0.717) is 31.5 Å². The molecule has 2 aromatic heterocycles. The van der Waals surface area contributed by atoms with Gasteiger partial charge in [-0.3, -0.25) is 14.4 Å². The lowest BCUT2D eigenvalue weighted by molar-refractivity contribution is -0.137. The van der Waals surface area contributed by atoms with Gasteiger partial charge in [-0.2, -0.15) is 11.3 Å². The van der Waals surface area contributed by atoms with Crippen LogP contribution in [-0.2, 0) is 9.59 Å². The highest BCUT2D eigenvalue weighted by Crippen LogP contribution is 2.44. The summed E-state index contributed by atoms with van der Waals surface area (Å²) >= 11 is 3.09. The van der Waals surface area contributed by atoms with Crippen LogP contribution in [0, 0.1) is 12.8 Å². The van der Waals surface area contributed by atoms with Crippen molar-refractivity contribution in [1.29, 1.82) is 0 Å². The molecule has 3 amide bonds. The van der Waals surface area contributed by atoms with E-state index in [1.807, 2.05) is 75.3 Å². The molecule has 4 heterocycles. The Morgan fingerprint density at radius 1 is 1.03 bits per heavy atom.